The van der Waals surface area contributed by atoms with Crippen molar-refractivity contribution in [3.8, 4) is 5.75 Å². The van der Waals surface area contributed by atoms with Crippen LogP contribution < -0.4 is 15.4 Å². The fourth-order valence-corrected chi connectivity index (χ4v) is 4.04. The molecule has 0 aromatic heterocycles. The lowest BCUT2D eigenvalue weighted by Crippen LogP contribution is -2.49. The molecule has 31 heavy (non-hydrogen) atoms. The highest BCUT2D eigenvalue weighted by Crippen LogP contribution is 2.30. The first kappa shape index (κ1) is 22.6. The molecule has 168 valence electrons. The van der Waals surface area contributed by atoms with Gasteiger partial charge in [0.1, 0.15) is 5.75 Å². The third-order valence-electron chi connectivity index (χ3n) is 5.49. The van der Waals surface area contributed by atoms with Crippen LogP contribution in [0.1, 0.15) is 31.4 Å². The average molecular weight is 431 g/mol. The summed E-state index contributed by atoms with van der Waals surface area (Å²) in [5.74, 6) is -0.348. The third kappa shape index (κ3) is 5.35. The van der Waals surface area contributed by atoms with Gasteiger partial charge in [-0.05, 0) is 44.0 Å². The van der Waals surface area contributed by atoms with Crippen LogP contribution in [0, 0.1) is 5.92 Å². The number of benzene rings is 1. The van der Waals surface area contributed by atoms with Crippen molar-refractivity contribution in [2.75, 3.05) is 40.5 Å². The number of esters is 2. The molecule has 2 amide bonds. The minimum Gasteiger partial charge on any atom is -0.497 e. The standard InChI is InChI=1S/C22H29N3O6/c1-4-31-20(26)15-8-6-10-25(12-15)13-17-18(21(27)30-3)19(24-22(28)23-17)14-7-5-9-16(11-14)29-2/h5,7,9,11,15,19H,4,6,8,10,12-13H2,1-3H3,(H2,23,24,28). The van der Waals surface area contributed by atoms with Crippen molar-refractivity contribution < 1.29 is 28.6 Å². The van der Waals surface area contributed by atoms with Gasteiger partial charge in [0.15, 0.2) is 0 Å². The van der Waals surface area contributed by atoms with E-state index in [-0.39, 0.29) is 11.9 Å². The second kappa shape index (κ2) is 10.3. The van der Waals surface area contributed by atoms with Gasteiger partial charge in [0.05, 0.1) is 38.4 Å². The van der Waals surface area contributed by atoms with E-state index < -0.39 is 18.0 Å². The Morgan fingerprint density at radius 2 is 2.06 bits per heavy atom. The summed E-state index contributed by atoms with van der Waals surface area (Å²) >= 11 is 0. The lowest BCUT2D eigenvalue weighted by Gasteiger charge is -2.35. The summed E-state index contributed by atoms with van der Waals surface area (Å²) in [5.41, 5.74) is 1.50. The van der Waals surface area contributed by atoms with Crippen molar-refractivity contribution in [2.24, 2.45) is 5.92 Å². The maximum atomic E-state index is 12.7. The maximum Gasteiger partial charge on any atom is 0.338 e. The Morgan fingerprint density at radius 3 is 2.77 bits per heavy atom. The Bertz CT molecular complexity index is 869. The van der Waals surface area contributed by atoms with Crippen LogP contribution in [-0.4, -0.2) is 63.3 Å². The summed E-state index contributed by atoms with van der Waals surface area (Å²) < 4.78 is 15.5. The molecule has 2 atom stereocenters. The van der Waals surface area contributed by atoms with E-state index in [1.54, 1.807) is 32.2 Å². The molecule has 2 aliphatic rings. The van der Waals surface area contributed by atoms with Crippen molar-refractivity contribution in [1.29, 1.82) is 0 Å². The molecule has 0 saturated carbocycles. The topological polar surface area (TPSA) is 106 Å². The van der Waals surface area contributed by atoms with E-state index in [1.807, 2.05) is 6.07 Å². The molecule has 2 aliphatic heterocycles. The van der Waals surface area contributed by atoms with Gasteiger partial charge in [-0.2, -0.15) is 0 Å². The quantitative estimate of drug-likeness (QED) is 0.634. The summed E-state index contributed by atoms with van der Waals surface area (Å²) in [6, 6.07) is 6.08. The summed E-state index contributed by atoms with van der Waals surface area (Å²) in [6.45, 7) is 3.70. The van der Waals surface area contributed by atoms with Crippen LogP contribution in [0.15, 0.2) is 35.5 Å². The molecule has 1 aromatic carbocycles. The lowest BCUT2D eigenvalue weighted by molar-refractivity contribution is -0.150. The predicted octanol–water partition coefficient (Wildman–Crippen LogP) is 1.75. The first-order valence-corrected chi connectivity index (χ1v) is 10.4. The largest absolute Gasteiger partial charge is 0.497 e. The van der Waals surface area contributed by atoms with Crippen LogP contribution in [0.3, 0.4) is 0 Å². The number of nitrogens with one attached hydrogen (secondary N) is 2. The smallest absolute Gasteiger partial charge is 0.338 e. The van der Waals surface area contributed by atoms with E-state index in [4.69, 9.17) is 14.2 Å². The molecular formula is C22H29N3O6. The first-order valence-electron chi connectivity index (χ1n) is 10.4. The highest BCUT2D eigenvalue weighted by atomic mass is 16.5. The number of piperidine rings is 1. The van der Waals surface area contributed by atoms with Gasteiger partial charge in [-0.25, -0.2) is 9.59 Å². The minimum absolute atomic E-state index is 0.210. The summed E-state index contributed by atoms with van der Waals surface area (Å²) in [5, 5.41) is 5.57. The van der Waals surface area contributed by atoms with E-state index in [1.165, 1.54) is 7.11 Å². The van der Waals surface area contributed by atoms with Crippen LogP contribution in [0.5, 0.6) is 5.75 Å². The Hall–Kier alpha value is -3.07. The number of hydrogen-bond acceptors (Lipinski definition) is 7. The van der Waals surface area contributed by atoms with Gasteiger partial charge in [0, 0.05) is 18.8 Å². The van der Waals surface area contributed by atoms with Crippen molar-refractivity contribution in [3.05, 3.63) is 41.1 Å². The number of hydrogen-bond donors (Lipinski definition) is 2. The molecule has 2 heterocycles. The molecule has 9 heteroatoms. The number of likely N-dealkylation sites (tertiary alicyclic amines) is 1. The van der Waals surface area contributed by atoms with Crippen LogP contribution >= 0.6 is 0 Å². The molecule has 2 unspecified atom stereocenters. The van der Waals surface area contributed by atoms with Crippen molar-refractivity contribution >= 4 is 18.0 Å². The van der Waals surface area contributed by atoms with E-state index in [2.05, 4.69) is 15.5 Å². The van der Waals surface area contributed by atoms with Crippen molar-refractivity contribution in [2.45, 2.75) is 25.8 Å². The van der Waals surface area contributed by atoms with E-state index in [0.717, 1.165) is 19.4 Å². The third-order valence-corrected chi connectivity index (χ3v) is 5.49. The molecule has 0 aliphatic carbocycles. The fraction of sp³-hybridized carbons (Fsp3) is 0.500. The first-order chi connectivity index (χ1) is 15.0. The Balaban J connectivity index is 1.90. The van der Waals surface area contributed by atoms with Crippen LogP contribution in [0.4, 0.5) is 4.79 Å². The van der Waals surface area contributed by atoms with Gasteiger partial charge in [-0.3, -0.25) is 9.69 Å². The zero-order chi connectivity index (χ0) is 22.4. The zero-order valence-corrected chi connectivity index (χ0v) is 18.1. The molecular weight excluding hydrogens is 402 g/mol. The van der Waals surface area contributed by atoms with Gasteiger partial charge in [0.25, 0.3) is 0 Å². The Labute approximate surface area is 181 Å². The number of nitrogens with zero attached hydrogens (tertiary/aromatic N) is 1. The molecule has 0 spiro atoms. The van der Waals surface area contributed by atoms with Gasteiger partial charge in [0.2, 0.25) is 0 Å². The van der Waals surface area contributed by atoms with Crippen LogP contribution in [0.25, 0.3) is 0 Å². The second-order valence-electron chi connectivity index (χ2n) is 7.52. The molecule has 9 nitrogen and oxygen atoms in total. The molecule has 3 rings (SSSR count). The van der Waals surface area contributed by atoms with E-state index in [0.29, 0.717) is 42.3 Å². The highest BCUT2D eigenvalue weighted by molar-refractivity contribution is 5.95. The van der Waals surface area contributed by atoms with Gasteiger partial charge >= 0.3 is 18.0 Å². The van der Waals surface area contributed by atoms with E-state index >= 15 is 0 Å². The molecule has 1 saturated heterocycles. The van der Waals surface area contributed by atoms with E-state index in [9.17, 15) is 14.4 Å². The number of rotatable bonds is 7. The van der Waals surface area contributed by atoms with Gasteiger partial charge in [-0.15, -0.1) is 0 Å². The van der Waals surface area contributed by atoms with Crippen molar-refractivity contribution in [3.63, 3.8) is 0 Å². The predicted molar refractivity (Wildman–Crippen MR) is 112 cm³/mol. The normalized spacial score (nSPS) is 21.7. The highest BCUT2D eigenvalue weighted by Gasteiger charge is 2.35. The SMILES string of the molecule is CCOC(=O)C1CCCN(CC2=C(C(=O)OC)C(c3cccc(OC)c3)NC(=O)N2)C1. The van der Waals surface area contributed by atoms with Gasteiger partial charge < -0.3 is 24.8 Å². The monoisotopic (exact) mass is 431 g/mol. The maximum absolute atomic E-state index is 12.7. The van der Waals surface area contributed by atoms with Gasteiger partial charge in [-0.1, -0.05) is 12.1 Å². The van der Waals surface area contributed by atoms with Crippen LogP contribution in [-0.2, 0) is 19.1 Å². The average Bonchev–Trinajstić information content (AvgIpc) is 2.78. The number of amides is 2. The van der Waals surface area contributed by atoms with Crippen LogP contribution in [0.2, 0.25) is 0 Å². The molecule has 1 aromatic rings. The Morgan fingerprint density at radius 1 is 1.26 bits per heavy atom. The second-order valence-corrected chi connectivity index (χ2v) is 7.52. The summed E-state index contributed by atoms with van der Waals surface area (Å²) in [7, 11) is 2.86. The fourth-order valence-electron chi connectivity index (χ4n) is 4.04. The number of carbonyl (C=O) groups is 3. The van der Waals surface area contributed by atoms with Crippen molar-refractivity contribution in [1.82, 2.24) is 15.5 Å². The number of ether oxygens (including phenoxy) is 3. The Kier molecular flexibility index (Phi) is 7.51. The number of carbonyl (C=O) groups excluding carboxylic acids is 3. The number of methoxy groups -OCH3 is 2. The number of urea groups is 1. The summed E-state index contributed by atoms with van der Waals surface area (Å²) in [4.78, 5) is 39.4. The molecule has 1 fully saturated rings. The summed E-state index contributed by atoms with van der Waals surface area (Å²) in [6.07, 6.45) is 1.59. The minimum atomic E-state index is -0.683. The lowest BCUT2D eigenvalue weighted by atomic mass is 9.93. The molecule has 0 bridgehead atoms. The zero-order valence-electron chi connectivity index (χ0n) is 18.1. The molecule has 0 radical (unpaired) electrons. The molecule has 2 N–H and O–H groups in total.